The first-order chi connectivity index (χ1) is 15.3. The molecule has 0 fully saturated rings. The first kappa shape index (κ1) is 21.2. The molecule has 0 aliphatic heterocycles. The average Bonchev–Trinajstić information content (AvgIpc) is 3.19. The maximum absolute atomic E-state index is 12.4. The lowest BCUT2D eigenvalue weighted by Crippen LogP contribution is -2.16. The molecule has 0 aliphatic rings. The van der Waals surface area contributed by atoms with Crippen molar-refractivity contribution in [2.75, 3.05) is 11.1 Å². The van der Waals surface area contributed by atoms with Crippen molar-refractivity contribution >= 4 is 40.1 Å². The van der Waals surface area contributed by atoms with E-state index in [4.69, 9.17) is 0 Å². The average molecular weight is 450 g/mol. The largest absolute Gasteiger partial charge is 0.325 e. The molecule has 2 aromatic heterocycles. The number of H-pyrrole nitrogens is 1. The van der Waals surface area contributed by atoms with Crippen LogP contribution in [0.1, 0.15) is 11.1 Å². The Balaban J connectivity index is 1.54. The summed E-state index contributed by atoms with van der Waals surface area (Å²) in [5.74, 6) is -0.179. The number of nitro groups is 1. The number of aromatic amines is 1. The fourth-order valence-electron chi connectivity index (χ4n) is 3.15. The Bertz CT molecular complexity index is 1390. The van der Waals surface area contributed by atoms with E-state index in [0.29, 0.717) is 11.3 Å². The predicted octanol–water partition coefficient (Wildman–Crippen LogP) is 3.36. The summed E-state index contributed by atoms with van der Waals surface area (Å²) in [4.78, 5) is 42.3. The van der Waals surface area contributed by atoms with E-state index in [1.165, 1.54) is 35.1 Å². The van der Waals surface area contributed by atoms with E-state index in [0.717, 1.165) is 28.6 Å². The van der Waals surface area contributed by atoms with E-state index in [1.54, 1.807) is 0 Å². The van der Waals surface area contributed by atoms with Gasteiger partial charge in [-0.2, -0.15) is 5.10 Å². The molecule has 0 saturated heterocycles. The second-order valence-corrected chi connectivity index (χ2v) is 8.06. The van der Waals surface area contributed by atoms with Crippen molar-refractivity contribution in [2.45, 2.75) is 19.0 Å². The van der Waals surface area contributed by atoms with Crippen LogP contribution in [0.2, 0.25) is 0 Å². The molecule has 0 spiro atoms. The minimum atomic E-state index is -0.494. The summed E-state index contributed by atoms with van der Waals surface area (Å²) in [6, 6.07) is 11.5. The highest BCUT2D eigenvalue weighted by Gasteiger charge is 2.14. The fraction of sp³-hybridized carbons (Fsp3) is 0.143. The zero-order chi connectivity index (χ0) is 22.8. The number of amides is 1. The molecule has 0 saturated carbocycles. The molecule has 1 amide bonds. The molecule has 2 N–H and O–H groups in total. The van der Waals surface area contributed by atoms with Crippen molar-refractivity contribution in [1.82, 2.24) is 19.7 Å². The molecule has 32 heavy (non-hydrogen) atoms. The number of fused-ring (bicyclic) bond motifs is 1. The van der Waals surface area contributed by atoms with Crippen LogP contribution in [0.25, 0.3) is 16.7 Å². The van der Waals surface area contributed by atoms with Gasteiger partial charge in [-0.15, -0.1) is 0 Å². The smallest absolute Gasteiger partial charge is 0.269 e. The van der Waals surface area contributed by atoms with Crippen LogP contribution in [0.3, 0.4) is 0 Å². The lowest BCUT2D eigenvalue weighted by atomic mass is 10.1. The summed E-state index contributed by atoms with van der Waals surface area (Å²) >= 11 is 1.09. The van der Waals surface area contributed by atoms with Gasteiger partial charge in [0.2, 0.25) is 5.91 Å². The van der Waals surface area contributed by atoms with Crippen molar-refractivity contribution in [3.63, 3.8) is 0 Å². The van der Waals surface area contributed by atoms with Gasteiger partial charge in [0, 0.05) is 17.8 Å². The van der Waals surface area contributed by atoms with E-state index in [9.17, 15) is 19.7 Å². The molecular weight excluding hydrogens is 432 g/mol. The Labute approximate surface area is 185 Å². The zero-order valence-electron chi connectivity index (χ0n) is 17.2. The molecule has 0 aliphatic carbocycles. The topological polar surface area (TPSA) is 136 Å². The number of anilines is 1. The Morgan fingerprint density at radius 1 is 1.22 bits per heavy atom. The van der Waals surface area contributed by atoms with Crippen LogP contribution in [0.15, 0.2) is 58.6 Å². The van der Waals surface area contributed by atoms with Crippen LogP contribution in [-0.2, 0) is 4.79 Å². The molecule has 4 rings (SSSR count). The highest BCUT2D eigenvalue weighted by atomic mass is 32.2. The van der Waals surface area contributed by atoms with Gasteiger partial charge in [0.25, 0.3) is 11.2 Å². The van der Waals surface area contributed by atoms with E-state index in [2.05, 4.69) is 20.4 Å². The van der Waals surface area contributed by atoms with Gasteiger partial charge in [-0.25, -0.2) is 9.67 Å². The minimum Gasteiger partial charge on any atom is -0.325 e. The number of aromatic nitrogens is 4. The summed E-state index contributed by atoms with van der Waals surface area (Å²) in [6.07, 6.45) is 1.38. The number of hydrogen-bond donors (Lipinski definition) is 2. The van der Waals surface area contributed by atoms with Gasteiger partial charge in [0.1, 0.15) is 5.39 Å². The lowest BCUT2D eigenvalue weighted by molar-refractivity contribution is -0.384. The summed E-state index contributed by atoms with van der Waals surface area (Å²) in [5.41, 5.74) is 3.17. The number of carbonyl (C=O) groups is 1. The van der Waals surface area contributed by atoms with Crippen molar-refractivity contribution in [2.24, 2.45) is 0 Å². The Morgan fingerprint density at radius 2 is 1.97 bits per heavy atom. The van der Waals surface area contributed by atoms with Crippen LogP contribution in [0.4, 0.5) is 11.4 Å². The van der Waals surface area contributed by atoms with Crippen molar-refractivity contribution in [3.8, 4) is 5.69 Å². The number of nitrogens with one attached hydrogen (secondary N) is 2. The van der Waals surface area contributed by atoms with Gasteiger partial charge < -0.3 is 10.3 Å². The second kappa shape index (κ2) is 8.63. The van der Waals surface area contributed by atoms with Gasteiger partial charge in [0.15, 0.2) is 10.8 Å². The van der Waals surface area contributed by atoms with Crippen LogP contribution < -0.4 is 10.9 Å². The number of rotatable bonds is 6. The molecule has 0 radical (unpaired) electrons. The van der Waals surface area contributed by atoms with Crippen molar-refractivity contribution in [1.29, 1.82) is 0 Å². The van der Waals surface area contributed by atoms with Gasteiger partial charge in [-0.05, 0) is 37.6 Å². The standard InChI is InChI=1S/C21H18N6O4S/c1-12-3-8-17(13(2)9-12)23-18(28)11-32-21-24-19-16(20(29)25-21)10-22-26(19)14-4-6-15(7-5-14)27(30)31/h3-10H,11H2,1-2H3,(H,23,28)(H,24,25,29). The highest BCUT2D eigenvalue weighted by molar-refractivity contribution is 7.99. The quantitative estimate of drug-likeness (QED) is 0.199. The Kier molecular flexibility index (Phi) is 5.73. The molecule has 162 valence electrons. The van der Waals surface area contributed by atoms with E-state index in [1.807, 2.05) is 32.0 Å². The number of aryl methyl sites for hydroxylation is 2. The molecule has 4 aromatic rings. The molecule has 0 unspecified atom stereocenters. The monoisotopic (exact) mass is 450 g/mol. The van der Waals surface area contributed by atoms with Crippen LogP contribution in [0.5, 0.6) is 0 Å². The molecule has 0 bridgehead atoms. The summed E-state index contributed by atoms with van der Waals surface area (Å²) in [7, 11) is 0. The molecule has 2 heterocycles. The maximum Gasteiger partial charge on any atom is 0.269 e. The van der Waals surface area contributed by atoms with Gasteiger partial charge in [0.05, 0.1) is 22.6 Å². The van der Waals surface area contributed by atoms with Crippen LogP contribution in [-0.4, -0.2) is 36.3 Å². The van der Waals surface area contributed by atoms with E-state index < -0.39 is 4.92 Å². The number of nitro benzene ring substituents is 1. The predicted molar refractivity (Wildman–Crippen MR) is 121 cm³/mol. The second-order valence-electron chi connectivity index (χ2n) is 7.09. The number of non-ortho nitro benzene ring substituents is 1. The third kappa shape index (κ3) is 4.37. The number of hydrogen-bond acceptors (Lipinski definition) is 7. The third-order valence-electron chi connectivity index (χ3n) is 4.72. The molecular formula is C21H18N6O4S. The number of carbonyl (C=O) groups excluding carboxylic acids is 1. The molecule has 0 atom stereocenters. The summed E-state index contributed by atoms with van der Waals surface area (Å²) < 4.78 is 1.42. The lowest BCUT2D eigenvalue weighted by Gasteiger charge is -2.09. The maximum atomic E-state index is 12.4. The first-order valence-electron chi connectivity index (χ1n) is 9.54. The van der Waals surface area contributed by atoms with Gasteiger partial charge >= 0.3 is 0 Å². The number of nitrogens with zero attached hydrogens (tertiary/aromatic N) is 4. The SMILES string of the molecule is Cc1ccc(NC(=O)CSc2nc3c(cnn3-c3ccc([N+](=O)[O-])cc3)c(=O)[nH]2)c(C)c1. The number of benzene rings is 2. The zero-order valence-corrected chi connectivity index (χ0v) is 18.0. The van der Waals surface area contributed by atoms with Gasteiger partial charge in [-0.1, -0.05) is 29.5 Å². The van der Waals surface area contributed by atoms with Crippen LogP contribution in [0, 0.1) is 24.0 Å². The minimum absolute atomic E-state index is 0.0490. The fourth-order valence-corrected chi connectivity index (χ4v) is 3.80. The van der Waals surface area contributed by atoms with Crippen molar-refractivity contribution in [3.05, 3.63) is 80.3 Å². The Morgan fingerprint density at radius 3 is 2.66 bits per heavy atom. The van der Waals surface area contributed by atoms with E-state index >= 15 is 0 Å². The molecule has 11 heteroatoms. The van der Waals surface area contributed by atoms with Crippen LogP contribution >= 0.6 is 11.8 Å². The first-order valence-corrected chi connectivity index (χ1v) is 10.5. The van der Waals surface area contributed by atoms with Crippen molar-refractivity contribution < 1.29 is 9.72 Å². The molecule has 2 aromatic carbocycles. The highest BCUT2D eigenvalue weighted by Crippen LogP contribution is 2.21. The Hall–Kier alpha value is -3.99. The summed E-state index contributed by atoms with van der Waals surface area (Å²) in [5, 5.41) is 18.4. The van der Waals surface area contributed by atoms with Gasteiger partial charge in [-0.3, -0.25) is 19.7 Å². The van der Waals surface area contributed by atoms with E-state index in [-0.39, 0.29) is 33.4 Å². The summed E-state index contributed by atoms with van der Waals surface area (Å²) in [6.45, 7) is 3.90. The molecule has 10 nitrogen and oxygen atoms in total. The normalized spacial score (nSPS) is 10.9. The third-order valence-corrected chi connectivity index (χ3v) is 5.59. The number of thioether (sulfide) groups is 1.